The van der Waals surface area contributed by atoms with E-state index >= 15 is 0 Å². The fourth-order valence-corrected chi connectivity index (χ4v) is 2.09. The van der Waals surface area contributed by atoms with Crippen LogP contribution in [-0.2, 0) is 17.8 Å². The molecule has 5 heteroatoms. The number of aldehydes is 1. The van der Waals surface area contributed by atoms with Crippen molar-refractivity contribution in [1.29, 1.82) is 0 Å². The van der Waals surface area contributed by atoms with E-state index in [0.29, 0.717) is 23.3 Å². The first-order valence-corrected chi connectivity index (χ1v) is 6.40. The highest BCUT2D eigenvalue weighted by molar-refractivity contribution is 6.32. The van der Waals surface area contributed by atoms with Crippen molar-refractivity contribution in [2.75, 3.05) is 0 Å². The SMILES string of the molecule is O=CCc1ccc(OCc2cc(Cl)nc(Cl)c2)cc1. The Morgan fingerprint density at radius 2 is 1.68 bits per heavy atom. The van der Waals surface area contributed by atoms with Crippen molar-refractivity contribution in [2.45, 2.75) is 13.0 Å². The Bertz CT molecular complexity index is 550. The summed E-state index contributed by atoms with van der Waals surface area (Å²) in [6, 6.07) is 10.8. The van der Waals surface area contributed by atoms with Crippen molar-refractivity contribution in [2.24, 2.45) is 0 Å². The molecule has 0 N–H and O–H groups in total. The normalized spacial score (nSPS) is 10.2. The van der Waals surface area contributed by atoms with Crippen LogP contribution in [0.1, 0.15) is 11.1 Å². The van der Waals surface area contributed by atoms with Crippen LogP contribution in [-0.4, -0.2) is 11.3 Å². The first-order valence-electron chi connectivity index (χ1n) is 5.65. The van der Waals surface area contributed by atoms with Gasteiger partial charge in [0.25, 0.3) is 0 Å². The van der Waals surface area contributed by atoms with Crippen LogP contribution in [0.15, 0.2) is 36.4 Å². The summed E-state index contributed by atoms with van der Waals surface area (Å²) in [5.74, 6) is 0.721. The zero-order chi connectivity index (χ0) is 13.7. The summed E-state index contributed by atoms with van der Waals surface area (Å²) in [4.78, 5) is 14.2. The average molecular weight is 296 g/mol. The van der Waals surface area contributed by atoms with Crippen LogP contribution < -0.4 is 4.74 Å². The maximum atomic E-state index is 10.4. The van der Waals surface area contributed by atoms with Crippen molar-refractivity contribution in [3.63, 3.8) is 0 Å². The number of hydrogen-bond donors (Lipinski definition) is 0. The number of rotatable bonds is 5. The van der Waals surface area contributed by atoms with Gasteiger partial charge < -0.3 is 9.53 Å². The lowest BCUT2D eigenvalue weighted by molar-refractivity contribution is -0.107. The van der Waals surface area contributed by atoms with Gasteiger partial charge in [0.05, 0.1) is 0 Å². The number of carbonyl (C=O) groups is 1. The molecular weight excluding hydrogens is 285 g/mol. The van der Waals surface area contributed by atoms with E-state index in [4.69, 9.17) is 27.9 Å². The van der Waals surface area contributed by atoms with Gasteiger partial charge in [-0.15, -0.1) is 0 Å². The van der Waals surface area contributed by atoms with Crippen LogP contribution in [0.3, 0.4) is 0 Å². The molecule has 0 aliphatic heterocycles. The second-order valence-electron chi connectivity index (χ2n) is 3.92. The molecule has 2 aromatic rings. The van der Waals surface area contributed by atoms with Gasteiger partial charge in [0.1, 0.15) is 28.9 Å². The van der Waals surface area contributed by atoms with Crippen molar-refractivity contribution in [1.82, 2.24) is 4.98 Å². The molecule has 0 spiro atoms. The van der Waals surface area contributed by atoms with Crippen molar-refractivity contribution in [3.05, 3.63) is 57.8 Å². The third kappa shape index (κ3) is 4.23. The minimum Gasteiger partial charge on any atom is -0.489 e. The van der Waals surface area contributed by atoms with E-state index < -0.39 is 0 Å². The van der Waals surface area contributed by atoms with Crippen molar-refractivity contribution in [3.8, 4) is 5.75 Å². The third-order valence-corrected chi connectivity index (χ3v) is 2.86. The molecule has 98 valence electrons. The lowest BCUT2D eigenvalue weighted by Crippen LogP contribution is -1.96. The lowest BCUT2D eigenvalue weighted by Gasteiger charge is -2.07. The van der Waals surface area contributed by atoms with E-state index in [-0.39, 0.29) is 0 Å². The predicted octanol–water partition coefficient (Wildman–Crippen LogP) is 3.71. The van der Waals surface area contributed by atoms with Gasteiger partial charge >= 0.3 is 0 Å². The van der Waals surface area contributed by atoms with Gasteiger partial charge in [-0.3, -0.25) is 0 Å². The summed E-state index contributed by atoms with van der Waals surface area (Å²) < 4.78 is 5.60. The molecule has 0 aliphatic carbocycles. The molecule has 1 aromatic heterocycles. The van der Waals surface area contributed by atoms with Gasteiger partial charge in [0.2, 0.25) is 0 Å². The monoisotopic (exact) mass is 295 g/mol. The summed E-state index contributed by atoms with van der Waals surface area (Å²) in [6.45, 7) is 0.356. The Kier molecular flexibility index (Phi) is 4.77. The number of benzene rings is 1. The molecular formula is C14H11Cl2NO2. The highest BCUT2D eigenvalue weighted by Gasteiger charge is 2.01. The van der Waals surface area contributed by atoms with Gasteiger partial charge in [-0.25, -0.2) is 4.98 Å². The summed E-state index contributed by atoms with van der Waals surface area (Å²) in [5.41, 5.74) is 1.80. The second kappa shape index (κ2) is 6.55. The largest absolute Gasteiger partial charge is 0.489 e. The minimum absolute atomic E-state index is 0.340. The van der Waals surface area contributed by atoms with Gasteiger partial charge in [-0.05, 0) is 35.4 Å². The highest BCUT2D eigenvalue weighted by Crippen LogP contribution is 2.18. The minimum atomic E-state index is 0.340. The quantitative estimate of drug-likeness (QED) is 0.623. The number of pyridine rings is 1. The van der Waals surface area contributed by atoms with Crippen LogP contribution in [0, 0.1) is 0 Å². The van der Waals surface area contributed by atoms with Crippen LogP contribution in [0.5, 0.6) is 5.75 Å². The van der Waals surface area contributed by atoms with Crippen molar-refractivity contribution < 1.29 is 9.53 Å². The Balaban J connectivity index is 1.99. The Morgan fingerprint density at radius 3 is 2.26 bits per heavy atom. The number of aromatic nitrogens is 1. The molecule has 0 saturated carbocycles. The molecule has 3 nitrogen and oxygen atoms in total. The molecule has 0 saturated heterocycles. The fourth-order valence-electron chi connectivity index (χ4n) is 1.58. The topological polar surface area (TPSA) is 39.2 Å². The van der Waals surface area contributed by atoms with Gasteiger partial charge in [0, 0.05) is 6.42 Å². The summed E-state index contributed by atoms with van der Waals surface area (Å²) >= 11 is 11.6. The second-order valence-corrected chi connectivity index (χ2v) is 4.70. The number of ether oxygens (including phenoxy) is 1. The fraction of sp³-hybridized carbons (Fsp3) is 0.143. The Morgan fingerprint density at radius 1 is 1.05 bits per heavy atom. The van der Waals surface area contributed by atoms with E-state index in [0.717, 1.165) is 23.2 Å². The molecule has 0 radical (unpaired) electrons. The summed E-state index contributed by atoms with van der Waals surface area (Å²) in [6.07, 6.45) is 1.28. The molecule has 1 heterocycles. The van der Waals surface area contributed by atoms with Crippen LogP contribution in [0.25, 0.3) is 0 Å². The number of carbonyl (C=O) groups excluding carboxylic acids is 1. The zero-order valence-electron chi connectivity index (χ0n) is 9.98. The molecule has 0 fully saturated rings. The molecule has 19 heavy (non-hydrogen) atoms. The van der Waals surface area contributed by atoms with Crippen LogP contribution in [0.4, 0.5) is 0 Å². The summed E-state index contributed by atoms with van der Waals surface area (Å²) in [5, 5.41) is 0.680. The van der Waals surface area contributed by atoms with Gasteiger partial charge in [-0.2, -0.15) is 0 Å². The first-order chi connectivity index (χ1) is 9.17. The predicted molar refractivity (Wildman–Crippen MR) is 74.8 cm³/mol. The number of halogens is 2. The van der Waals surface area contributed by atoms with E-state index in [1.54, 1.807) is 12.1 Å². The summed E-state index contributed by atoms with van der Waals surface area (Å²) in [7, 11) is 0. The van der Waals surface area contributed by atoms with E-state index in [1.807, 2.05) is 24.3 Å². The molecule has 0 aliphatic rings. The third-order valence-electron chi connectivity index (χ3n) is 2.47. The van der Waals surface area contributed by atoms with E-state index in [9.17, 15) is 4.79 Å². The zero-order valence-corrected chi connectivity index (χ0v) is 11.5. The number of hydrogen-bond acceptors (Lipinski definition) is 3. The number of nitrogens with zero attached hydrogens (tertiary/aromatic N) is 1. The lowest BCUT2D eigenvalue weighted by atomic mass is 10.2. The maximum absolute atomic E-state index is 10.4. The molecule has 0 bridgehead atoms. The van der Waals surface area contributed by atoms with Gasteiger partial charge in [-0.1, -0.05) is 35.3 Å². The molecule has 2 rings (SSSR count). The van der Waals surface area contributed by atoms with E-state index in [1.165, 1.54) is 0 Å². The Labute approximate surface area is 121 Å². The van der Waals surface area contributed by atoms with Crippen LogP contribution in [0.2, 0.25) is 10.3 Å². The first kappa shape index (κ1) is 13.8. The smallest absolute Gasteiger partial charge is 0.131 e. The maximum Gasteiger partial charge on any atom is 0.131 e. The van der Waals surface area contributed by atoms with E-state index in [2.05, 4.69) is 4.98 Å². The standard InChI is InChI=1S/C14H11Cl2NO2/c15-13-7-11(8-14(16)17-13)9-19-12-3-1-10(2-4-12)5-6-18/h1-4,6-8H,5,9H2. The molecule has 0 unspecified atom stereocenters. The molecule has 0 amide bonds. The average Bonchev–Trinajstić information content (AvgIpc) is 2.37. The molecule has 1 aromatic carbocycles. The van der Waals surface area contributed by atoms with Crippen molar-refractivity contribution >= 4 is 29.5 Å². The molecule has 0 atom stereocenters. The van der Waals surface area contributed by atoms with Crippen LogP contribution >= 0.6 is 23.2 Å². The Hall–Kier alpha value is -1.58. The van der Waals surface area contributed by atoms with Gasteiger partial charge in [0.15, 0.2) is 0 Å². The highest BCUT2D eigenvalue weighted by atomic mass is 35.5.